The molecule has 3 heterocycles. The molecule has 2 aromatic heterocycles. The predicted octanol–water partition coefficient (Wildman–Crippen LogP) is 1.53. The lowest BCUT2D eigenvalue weighted by Crippen LogP contribution is -2.37. The summed E-state index contributed by atoms with van der Waals surface area (Å²) in [5.74, 6) is 0. The number of aromatic amines is 1. The Morgan fingerprint density at radius 2 is 2.21 bits per heavy atom. The van der Waals surface area contributed by atoms with Crippen LogP contribution in [0.1, 0.15) is 25.3 Å². The first-order valence-corrected chi connectivity index (χ1v) is 7.05. The zero-order valence-corrected chi connectivity index (χ0v) is 11.4. The molecule has 0 bridgehead atoms. The van der Waals surface area contributed by atoms with Crippen LogP contribution < -0.4 is 5.32 Å². The second kappa shape index (κ2) is 5.67. The van der Waals surface area contributed by atoms with Gasteiger partial charge in [-0.15, -0.1) is 0 Å². The minimum Gasteiger partial charge on any atom is -0.343 e. The summed E-state index contributed by atoms with van der Waals surface area (Å²) >= 11 is 0. The molecule has 1 unspecified atom stereocenters. The van der Waals surface area contributed by atoms with E-state index in [1.165, 1.54) is 31.5 Å². The van der Waals surface area contributed by atoms with E-state index in [4.69, 9.17) is 0 Å². The molecule has 0 saturated carbocycles. The molecule has 0 aromatic carbocycles. The van der Waals surface area contributed by atoms with Gasteiger partial charge in [-0.1, -0.05) is 0 Å². The molecule has 0 amide bonds. The number of nitrogens with one attached hydrogen (secondary N) is 2. The highest BCUT2D eigenvalue weighted by molar-refractivity contribution is 5.73. The van der Waals surface area contributed by atoms with Crippen molar-refractivity contribution in [1.29, 1.82) is 0 Å². The van der Waals surface area contributed by atoms with E-state index < -0.39 is 0 Å². The van der Waals surface area contributed by atoms with Gasteiger partial charge in [-0.3, -0.25) is 0 Å². The lowest BCUT2D eigenvalue weighted by atomic mass is 10.2. The smallest absolute Gasteiger partial charge is 0.177 e. The molecule has 1 aliphatic rings. The molecule has 1 fully saturated rings. The van der Waals surface area contributed by atoms with Gasteiger partial charge in [-0.25, -0.2) is 9.97 Å². The molecule has 1 atom stereocenters. The second-order valence-electron chi connectivity index (χ2n) is 5.36. The lowest BCUT2D eigenvalue weighted by Gasteiger charge is -2.21. The summed E-state index contributed by atoms with van der Waals surface area (Å²) < 4.78 is 0. The number of rotatable bonds is 5. The van der Waals surface area contributed by atoms with Gasteiger partial charge >= 0.3 is 0 Å². The van der Waals surface area contributed by atoms with E-state index in [9.17, 15) is 0 Å². The van der Waals surface area contributed by atoms with Gasteiger partial charge in [0.05, 0.1) is 11.8 Å². The van der Waals surface area contributed by atoms with E-state index in [1.807, 2.05) is 6.20 Å². The molecule has 0 aliphatic carbocycles. The zero-order valence-electron chi connectivity index (χ0n) is 11.4. The molecule has 1 aliphatic heterocycles. The van der Waals surface area contributed by atoms with Crippen molar-refractivity contribution >= 4 is 11.2 Å². The fourth-order valence-corrected chi connectivity index (χ4v) is 2.75. The number of H-pyrrole nitrogens is 1. The van der Waals surface area contributed by atoms with Crippen molar-refractivity contribution in [3.05, 3.63) is 24.2 Å². The van der Waals surface area contributed by atoms with Crippen LogP contribution in [0.25, 0.3) is 11.2 Å². The minimum atomic E-state index is 0.504. The van der Waals surface area contributed by atoms with Crippen molar-refractivity contribution in [3.63, 3.8) is 0 Å². The largest absolute Gasteiger partial charge is 0.343 e. The monoisotopic (exact) mass is 259 g/mol. The number of aromatic nitrogens is 3. The van der Waals surface area contributed by atoms with Gasteiger partial charge in [0.2, 0.25) is 0 Å². The van der Waals surface area contributed by atoms with Crippen LogP contribution in [0.15, 0.2) is 18.6 Å². The van der Waals surface area contributed by atoms with Gasteiger partial charge < -0.3 is 15.2 Å². The van der Waals surface area contributed by atoms with Crippen molar-refractivity contribution in [3.8, 4) is 0 Å². The lowest BCUT2D eigenvalue weighted by molar-refractivity contribution is 0.298. The Balaban J connectivity index is 1.57. The first-order chi connectivity index (χ1) is 9.33. The molecule has 2 N–H and O–H groups in total. The Hall–Kier alpha value is -1.46. The Morgan fingerprint density at radius 1 is 1.37 bits per heavy atom. The van der Waals surface area contributed by atoms with E-state index in [1.54, 1.807) is 6.33 Å². The second-order valence-corrected chi connectivity index (χ2v) is 5.36. The fraction of sp³-hybridized carbons (Fsp3) is 0.571. The Labute approximate surface area is 113 Å². The molecule has 0 spiro atoms. The molecule has 1 saturated heterocycles. The molecule has 102 valence electrons. The van der Waals surface area contributed by atoms with E-state index in [-0.39, 0.29) is 0 Å². The maximum atomic E-state index is 4.23. The van der Waals surface area contributed by atoms with Gasteiger partial charge in [0, 0.05) is 25.3 Å². The molecule has 5 nitrogen and oxygen atoms in total. The van der Waals surface area contributed by atoms with Gasteiger partial charge in [0.15, 0.2) is 5.65 Å². The molecular formula is C14H21N5. The topological polar surface area (TPSA) is 56.8 Å². The van der Waals surface area contributed by atoms with Crippen molar-refractivity contribution in [1.82, 2.24) is 25.2 Å². The van der Waals surface area contributed by atoms with Crippen molar-refractivity contribution in [2.75, 3.05) is 19.6 Å². The molecule has 19 heavy (non-hydrogen) atoms. The predicted molar refractivity (Wildman–Crippen MR) is 75.9 cm³/mol. The summed E-state index contributed by atoms with van der Waals surface area (Å²) in [4.78, 5) is 14.1. The molecular weight excluding hydrogens is 238 g/mol. The minimum absolute atomic E-state index is 0.504. The summed E-state index contributed by atoms with van der Waals surface area (Å²) in [6.07, 6.45) is 6.23. The fourth-order valence-electron chi connectivity index (χ4n) is 2.75. The van der Waals surface area contributed by atoms with Crippen LogP contribution in [0.2, 0.25) is 0 Å². The maximum absolute atomic E-state index is 4.23. The molecule has 2 aromatic rings. The number of imidazole rings is 1. The summed E-state index contributed by atoms with van der Waals surface area (Å²) in [6.45, 7) is 6.76. The average molecular weight is 259 g/mol. The summed E-state index contributed by atoms with van der Waals surface area (Å²) in [5.41, 5.74) is 3.07. The molecule has 5 heteroatoms. The average Bonchev–Trinajstić information content (AvgIpc) is 3.06. The van der Waals surface area contributed by atoms with Crippen molar-refractivity contribution in [2.45, 2.75) is 32.4 Å². The van der Waals surface area contributed by atoms with Gasteiger partial charge in [-0.2, -0.15) is 0 Å². The Kier molecular flexibility index (Phi) is 3.75. The summed E-state index contributed by atoms with van der Waals surface area (Å²) in [6, 6.07) is 2.56. The zero-order chi connectivity index (χ0) is 13.1. The van der Waals surface area contributed by atoms with E-state index >= 15 is 0 Å². The third-order valence-corrected chi connectivity index (χ3v) is 3.78. The Morgan fingerprint density at radius 3 is 3.05 bits per heavy atom. The highest BCUT2D eigenvalue weighted by atomic mass is 15.2. The van der Waals surface area contributed by atoms with Crippen molar-refractivity contribution < 1.29 is 0 Å². The maximum Gasteiger partial charge on any atom is 0.177 e. The normalized spacial score (nSPS) is 18.2. The standard InChI is InChI=1S/C14H21N5/c1-11(9-19-6-2-3-7-19)16-8-12-4-5-15-14-13(12)17-10-18-14/h4-5,10-11,16H,2-3,6-9H2,1H3,(H,15,17,18). The quantitative estimate of drug-likeness (QED) is 0.855. The third kappa shape index (κ3) is 2.93. The first-order valence-electron chi connectivity index (χ1n) is 7.05. The van der Waals surface area contributed by atoms with E-state index in [0.717, 1.165) is 24.3 Å². The summed E-state index contributed by atoms with van der Waals surface area (Å²) in [7, 11) is 0. The van der Waals surface area contributed by atoms with Gasteiger partial charge in [0.25, 0.3) is 0 Å². The molecule has 3 rings (SSSR count). The van der Waals surface area contributed by atoms with Crippen LogP contribution in [-0.2, 0) is 6.54 Å². The highest BCUT2D eigenvalue weighted by Crippen LogP contribution is 2.12. The first kappa shape index (κ1) is 12.6. The number of fused-ring (bicyclic) bond motifs is 1. The van der Waals surface area contributed by atoms with Gasteiger partial charge in [-0.05, 0) is 44.5 Å². The van der Waals surface area contributed by atoms with E-state index in [2.05, 4.69) is 38.2 Å². The number of nitrogens with zero attached hydrogens (tertiary/aromatic N) is 3. The summed E-state index contributed by atoms with van der Waals surface area (Å²) in [5, 5.41) is 3.59. The third-order valence-electron chi connectivity index (χ3n) is 3.78. The highest BCUT2D eigenvalue weighted by Gasteiger charge is 2.14. The Bertz CT molecular complexity index is 529. The number of hydrogen-bond donors (Lipinski definition) is 2. The SMILES string of the molecule is CC(CN1CCCC1)NCc1ccnc2nc[nH]c12. The van der Waals surface area contributed by atoms with Crippen LogP contribution in [0.4, 0.5) is 0 Å². The van der Waals surface area contributed by atoms with Gasteiger partial charge in [0.1, 0.15) is 0 Å². The van der Waals surface area contributed by atoms with Crippen LogP contribution in [0, 0.1) is 0 Å². The van der Waals surface area contributed by atoms with Crippen LogP contribution >= 0.6 is 0 Å². The molecule has 0 radical (unpaired) electrons. The van der Waals surface area contributed by atoms with Crippen LogP contribution in [0.3, 0.4) is 0 Å². The number of likely N-dealkylation sites (tertiary alicyclic amines) is 1. The number of hydrogen-bond acceptors (Lipinski definition) is 4. The van der Waals surface area contributed by atoms with Crippen LogP contribution in [-0.4, -0.2) is 45.5 Å². The van der Waals surface area contributed by atoms with E-state index in [0.29, 0.717) is 6.04 Å². The van der Waals surface area contributed by atoms with Crippen molar-refractivity contribution in [2.24, 2.45) is 0 Å². The van der Waals surface area contributed by atoms with Crippen LogP contribution in [0.5, 0.6) is 0 Å². The number of pyridine rings is 1.